The van der Waals surface area contributed by atoms with Crippen molar-refractivity contribution in [2.75, 3.05) is 22.9 Å². The molecule has 2 rings (SSSR count). The van der Waals surface area contributed by atoms with Gasteiger partial charge in [-0.3, -0.25) is 0 Å². The first-order chi connectivity index (χ1) is 8.06. The highest BCUT2D eigenvalue weighted by Crippen LogP contribution is 2.39. The summed E-state index contributed by atoms with van der Waals surface area (Å²) in [6, 6.07) is 1.87. The minimum Gasteiger partial charge on any atom is -0.397 e. The van der Waals surface area contributed by atoms with Crippen molar-refractivity contribution >= 4 is 28.7 Å². The van der Waals surface area contributed by atoms with Gasteiger partial charge in [0, 0.05) is 12.6 Å². The number of hydrogen-bond acceptors (Lipinski definition) is 3. The monoisotopic (exact) mass is 257 g/mol. The average Bonchev–Trinajstić information content (AvgIpc) is 2.74. The Bertz CT molecular complexity index is 436. The normalized spacial score (nSPS) is 19.9. The van der Waals surface area contributed by atoms with E-state index in [-0.39, 0.29) is 10.7 Å². The van der Waals surface area contributed by atoms with E-state index in [1.807, 2.05) is 4.90 Å². The van der Waals surface area contributed by atoms with Crippen molar-refractivity contribution in [1.82, 2.24) is 0 Å². The lowest BCUT2D eigenvalue weighted by molar-refractivity contribution is 0.599. The molecule has 0 spiro atoms. The number of rotatable bonds is 2. The molecule has 17 heavy (non-hydrogen) atoms. The molecule has 0 saturated carbocycles. The summed E-state index contributed by atoms with van der Waals surface area (Å²) in [5.41, 5.74) is 12.4. The molecule has 4 N–H and O–H groups in total. The number of hydrogen-bond donors (Lipinski definition) is 2. The van der Waals surface area contributed by atoms with Crippen LogP contribution in [0.3, 0.4) is 0 Å². The Labute approximate surface area is 106 Å². The van der Waals surface area contributed by atoms with E-state index in [0.29, 0.717) is 17.4 Å². The SMILES string of the molecule is CCC1CCCN1c1c(N)cc(N)c(Cl)c1F. The lowest BCUT2D eigenvalue weighted by Gasteiger charge is -2.28. The van der Waals surface area contributed by atoms with Crippen LogP contribution in [0.4, 0.5) is 21.5 Å². The van der Waals surface area contributed by atoms with Gasteiger partial charge in [-0.15, -0.1) is 0 Å². The molecular formula is C12H17ClFN3. The topological polar surface area (TPSA) is 55.3 Å². The fraction of sp³-hybridized carbons (Fsp3) is 0.500. The molecule has 0 radical (unpaired) electrons. The van der Waals surface area contributed by atoms with Crippen LogP contribution in [-0.2, 0) is 0 Å². The number of benzene rings is 1. The zero-order chi connectivity index (χ0) is 12.6. The molecule has 0 bridgehead atoms. The smallest absolute Gasteiger partial charge is 0.169 e. The van der Waals surface area contributed by atoms with Crippen molar-refractivity contribution in [2.24, 2.45) is 0 Å². The first-order valence-corrected chi connectivity index (χ1v) is 6.23. The third kappa shape index (κ3) is 2.02. The third-order valence-corrected chi connectivity index (χ3v) is 3.76. The van der Waals surface area contributed by atoms with Gasteiger partial charge in [0.25, 0.3) is 0 Å². The largest absolute Gasteiger partial charge is 0.397 e. The van der Waals surface area contributed by atoms with Crippen molar-refractivity contribution in [3.8, 4) is 0 Å². The van der Waals surface area contributed by atoms with Gasteiger partial charge in [-0.05, 0) is 25.3 Å². The molecular weight excluding hydrogens is 241 g/mol. The molecule has 1 saturated heterocycles. The number of nitrogens with two attached hydrogens (primary N) is 2. The van der Waals surface area contributed by atoms with Gasteiger partial charge in [0.15, 0.2) is 5.82 Å². The molecule has 1 atom stereocenters. The fourth-order valence-corrected chi connectivity index (χ4v) is 2.65. The summed E-state index contributed by atoms with van der Waals surface area (Å²) < 4.78 is 14.2. The standard InChI is InChI=1S/C12H17ClFN3/c1-2-7-4-3-5-17(7)12-9(16)6-8(15)10(13)11(12)14/h6-7H,2-5,15-16H2,1H3. The van der Waals surface area contributed by atoms with Crippen molar-refractivity contribution in [3.63, 3.8) is 0 Å². The summed E-state index contributed by atoms with van der Waals surface area (Å²) in [6.07, 6.45) is 3.09. The van der Waals surface area contributed by atoms with E-state index in [9.17, 15) is 4.39 Å². The summed E-state index contributed by atoms with van der Waals surface area (Å²) in [6.45, 7) is 2.91. The van der Waals surface area contributed by atoms with Crippen LogP contribution in [0.2, 0.25) is 5.02 Å². The summed E-state index contributed by atoms with van der Waals surface area (Å²) in [4.78, 5) is 2.01. The van der Waals surface area contributed by atoms with Gasteiger partial charge >= 0.3 is 0 Å². The Hall–Kier alpha value is -1.16. The molecule has 1 unspecified atom stereocenters. The molecule has 1 aromatic rings. The first-order valence-electron chi connectivity index (χ1n) is 5.85. The molecule has 0 aliphatic carbocycles. The van der Waals surface area contributed by atoms with E-state index >= 15 is 0 Å². The predicted molar refractivity (Wildman–Crippen MR) is 70.9 cm³/mol. The van der Waals surface area contributed by atoms with Crippen molar-refractivity contribution < 1.29 is 4.39 Å². The third-order valence-electron chi connectivity index (χ3n) is 3.37. The second-order valence-electron chi connectivity index (χ2n) is 4.43. The van der Waals surface area contributed by atoms with Gasteiger partial charge in [-0.1, -0.05) is 18.5 Å². The van der Waals surface area contributed by atoms with Crippen LogP contribution in [-0.4, -0.2) is 12.6 Å². The number of nitrogen functional groups attached to an aromatic ring is 2. The lowest BCUT2D eigenvalue weighted by atomic mass is 10.1. The van der Waals surface area contributed by atoms with E-state index in [1.165, 1.54) is 6.07 Å². The van der Waals surface area contributed by atoms with Gasteiger partial charge < -0.3 is 16.4 Å². The summed E-state index contributed by atoms with van der Waals surface area (Å²) in [5, 5.41) is -0.0315. The quantitative estimate of drug-likeness (QED) is 0.801. The van der Waals surface area contributed by atoms with E-state index < -0.39 is 5.82 Å². The highest BCUT2D eigenvalue weighted by molar-refractivity contribution is 6.33. The maximum Gasteiger partial charge on any atom is 0.169 e. The lowest BCUT2D eigenvalue weighted by Crippen LogP contribution is -2.30. The first kappa shape index (κ1) is 12.3. The maximum absolute atomic E-state index is 14.2. The molecule has 5 heteroatoms. The van der Waals surface area contributed by atoms with Crippen LogP contribution < -0.4 is 16.4 Å². The molecule has 0 aromatic heterocycles. The van der Waals surface area contributed by atoms with Gasteiger partial charge in [0.2, 0.25) is 0 Å². The molecule has 1 heterocycles. The van der Waals surface area contributed by atoms with Crippen LogP contribution in [0, 0.1) is 5.82 Å². The highest BCUT2D eigenvalue weighted by atomic mass is 35.5. The summed E-state index contributed by atoms with van der Waals surface area (Å²) >= 11 is 5.84. The maximum atomic E-state index is 14.2. The van der Waals surface area contributed by atoms with Gasteiger partial charge in [0.05, 0.1) is 17.1 Å². The second-order valence-corrected chi connectivity index (χ2v) is 4.81. The molecule has 94 valence electrons. The van der Waals surface area contributed by atoms with Gasteiger partial charge in [-0.25, -0.2) is 4.39 Å². The van der Waals surface area contributed by atoms with E-state index in [1.54, 1.807) is 0 Å². The van der Waals surface area contributed by atoms with Crippen molar-refractivity contribution in [1.29, 1.82) is 0 Å². The molecule has 1 aromatic carbocycles. The van der Waals surface area contributed by atoms with E-state index in [4.69, 9.17) is 23.1 Å². The molecule has 0 amide bonds. The Morgan fingerprint density at radius 2 is 2.18 bits per heavy atom. The second kappa shape index (κ2) is 4.61. The van der Waals surface area contributed by atoms with E-state index in [0.717, 1.165) is 25.8 Å². The van der Waals surface area contributed by atoms with E-state index in [2.05, 4.69) is 6.92 Å². The molecule has 3 nitrogen and oxygen atoms in total. The van der Waals surface area contributed by atoms with Crippen molar-refractivity contribution in [3.05, 3.63) is 16.9 Å². The minimum atomic E-state index is -0.496. The summed E-state index contributed by atoms with van der Waals surface area (Å²) in [5.74, 6) is -0.496. The van der Waals surface area contributed by atoms with Gasteiger partial charge in [0.1, 0.15) is 5.02 Å². The number of nitrogens with zero attached hydrogens (tertiary/aromatic N) is 1. The van der Waals surface area contributed by atoms with Crippen LogP contribution in [0.25, 0.3) is 0 Å². The Balaban J connectivity index is 2.48. The molecule has 1 fully saturated rings. The zero-order valence-electron chi connectivity index (χ0n) is 9.84. The van der Waals surface area contributed by atoms with Crippen LogP contribution in [0.5, 0.6) is 0 Å². The van der Waals surface area contributed by atoms with Crippen molar-refractivity contribution in [2.45, 2.75) is 32.2 Å². The number of anilines is 3. The van der Waals surface area contributed by atoms with Crippen LogP contribution >= 0.6 is 11.6 Å². The highest BCUT2D eigenvalue weighted by Gasteiger charge is 2.28. The van der Waals surface area contributed by atoms with Crippen LogP contribution in [0.1, 0.15) is 26.2 Å². The Morgan fingerprint density at radius 3 is 2.82 bits per heavy atom. The Kier molecular flexibility index (Phi) is 3.33. The number of halogens is 2. The van der Waals surface area contributed by atoms with Crippen LogP contribution in [0.15, 0.2) is 6.07 Å². The summed E-state index contributed by atoms with van der Waals surface area (Å²) in [7, 11) is 0. The average molecular weight is 258 g/mol. The fourth-order valence-electron chi connectivity index (χ4n) is 2.50. The minimum absolute atomic E-state index is 0.0315. The molecule has 1 aliphatic rings. The zero-order valence-corrected chi connectivity index (χ0v) is 10.6. The molecule has 1 aliphatic heterocycles. The predicted octanol–water partition coefficient (Wildman–Crippen LogP) is 3.02. The van der Waals surface area contributed by atoms with Gasteiger partial charge in [-0.2, -0.15) is 0 Å². The Morgan fingerprint density at radius 1 is 1.47 bits per heavy atom.